The number of rotatable bonds is 7. The lowest BCUT2D eigenvalue weighted by atomic mass is 10.1. The fourth-order valence-electron chi connectivity index (χ4n) is 2.47. The van der Waals surface area contributed by atoms with Gasteiger partial charge >= 0.3 is 0 Å². The van der Waals surface area contributed by atoms with Gasteiger partial charge in [-0.1, -0.05) is 6.07 Å². The summed E-state index contributed by atoms with van der Waals surface area (Å²) in [5, 5.41) is 16.1. The standard InChI is InChI=1S/C19H23F2N3O2/c1-22-19(24-10-8-14-11-15(20)4-6-17(14)21)23-9-7-13-3-5-16(26-2)12-18(13)25/h3-6,11-12,25H,7-10H2,1-2H3,(H2,22,23,24). The topological polar surface area (TPSA) is 65.9 Å². The second-order valence-electron chi connectivity index (χ2n) is 5.66. The van der Waals surface area contributed by atoms with Crippen LogP contribution >= 0.6 is 0 Å². The first-order valence-corrected chi connectivity index (χ1v) is 8.28. The molecule has 0 aliphatic carbocycles. The van der Waals surface area contributed by atoms with Crippen LogP contribution in [0, 0.1) is 11.6 Å². The number of nitrogens with one attached hydrogen (secondary N) is 2. The third-order valence-electron chi connectivity index (χ3n) is 3.90. The first-order valence-electron chi connectivity index (χ1n) is 8.28. The van der Waals surface area contributed by atoms with Crippen LogP contribution in [-0.2, 0) is 12.8 Å². The molecular formula is C19H23F2N3O2. The molecule has 5 nitrogen and oxygen atoms in total. The van der Waals surface area contributed by atoms with Gasteiger partial charge in [0.1, 0.15) is 23.1 Å². The summed E-state index contributed by atoms with van der Waals surface area (Å²) in [5.74, 6) is 0.445. The highest BCUT2D eigenvalue weighted by atomic mass is 19.1. The maximum atomic E-state index is 13.6. The van der Waals surface area contributed by atoms with Crippen LogP contribution in [0.15, 0.2) is 41.4 Å². The van der Waals surface area contributed by atoms with Gasteiger partial charge in [-0.05, 0) is 48.2 Å². The number of hydrogen-bond donors (Lipinski definition) is 3. The predicted molar refractivity (Wildman–Crippen MR) is 97.8 cm³/mol. The number of halogens is 2. The summed E-state index contributed by atoms with van der Waals surface area (Å²) < 4.78 is 31.8. The third-order valence-corrected chi connectivity index (χ3v) is 3.90. The molecule has 0 fully saturated rings. The monoisotopic (exact) mass is 363 g/mol. The van der Waals surface area contributed by atoms with Crippen molar-refractivity contribution in [2.24, 2.45) is 4.99 Å². The molecule has 26 heavy (non-hydrogen) atoms. The summed E-state index contributed by atoms with van der Waals surface area (Å²) >= 11 is 0. The fourth-order valence-corrected chi connectivity index (χ4v) is 2.47. The van der Waals surface area contributed by atoms with E-state index in [1.807, 2.05) is 0 Å². The Morgan fingerprint density at radius 1 is 1.04 bits per heavy atom. The molecule has 140 valence electrons. The summed E-state index contributed by atoms with van der Waals surface area (Å²) in [6.45, 7) is 0.960. The Morgan fingerprint density at radius 2 is 1.73 bits per heavy atom. The van der Waals surface area contributed by atoms with Crippen LogP contribution in [0.25, 0.3) is 0 Å². The Bertz CT molecular complexity index is 766. The fraction of sp³-hybridized carbons (Fsp3) is 0.316. The maximum Gasteiger partial charge on any atom is 0.190 e. The van der Waals surface area contributed by atoms with Crippen LogP contribution in [0.2, 0.25) is 0 Å². The number of guanidine groups is 1. The van der Waals surface area contributed by atoms with Crippen molar-refractivity contribution in [3.05, 3.63) is 59.2 Å². The predicted octanol–water partition coefficient (Wildman–Crippen LogP) is 2.63. The lowest BCUT2D eigenvalue weighted by Gasteiger charge is -2.13. The van der Waals surface area contributed by atoms with E-state index < -0.39 is 11.6 Å². The zero-order chi connectivity index (χ0) is 18.9. The Balaban J connectivity index is 1.78. The van der Waals surface area contributed by atoms with E-state index in [2.05, 4.69) is 15.6 Å². The van der Waals surface area contributed by atoms with Crippen molar-refractivity contribution >= 4 is 5.96 Å². The molecule has 0 saturated carbocycles. The van der Waals surface area contributed by atoms with E-state index in [9.17, 15) is 13.9 Å². The zero-order valence-electron chi connectivity index (χ0n) is 14.9. The first-order chi connectivity index (χ1) is 12.5. The van der Waals surface area contributed by atoms with Gasteiger partial charge in [0.2, 0.25) is 0 Å². The van der Waals surface area contributed by atoms with Gasteiger partial charge in [0.05, 0.1) is 7.11 Å². The van der Waals surface area contributed by atoms with E-state index in [4.69, 9.17) is 4.74 Å². The molecule has 2 aromatic rings. The molecule has 3 N–H and O–H groups in total. The minimum Gasteiger partial charge on any atom is -0.508 e. The van der Waals surface area contributed by atoms with Gasteiger partial charge < -0.3 is 20.5 Å². The highest BCUT2D eigenvalue weighted by Gasteiger charge is 2.06. The maximum absolute atomic E-state index is 13.6. The van der Waals surface area contributed by atoms with E-state index in [-0.39, 0.29) is 5.75 Å². The number of ether oxygens (including phenoxy) is 1. The Labute approximate surface area is 151 Å². The summed E-state index contributed by atoms with van der Waals surface area (Å²) in [6.07, 6.45) is 0.929. The Hall–Kier alpha value is -2.83. The van der Waals surface area contributed by atoms with Crippen molar-refractivity contribution in [3.63, 3.8) is 0 Å². The Kier molecular flexibility index (Phi) is 7.20. The van der Waals surface area contributed by atoms with Crippen molar-refractivity contribution in [1.29, 1.82) is 0 Å². The van der Waals surface area contributed by atoms with Gasteiger partial charge in [0.15, 0.2) is 5.96 Å². The summed E-state index contributed by atoms with van der Waals surface area (Å²) in [7, 11) is 3.17. The number of aromatic hydroxyl groups is 1. The van der Waals surface area contributed by atoms with Gasteiger partial charge in [-0.15, -0.1) is 0 Å². The number of nitrogens with zero attached hydrogens (tertiary/aromatic N) is 1. The Morgan fingerprint density at radius 3 is 2.35 bits per heavy atom. The number of benzene rings is 2. The highest BCUT2D eigenvalue weighted by Crippen LogP contribution is 2.23. The number of hydrogen-bond acceptors (Lipinski definition) is 3. The number of phenolic OH excluding ortho intramolecular Hbond substituents is 1. The van der Waals surface area contributed by atoms with Crippen LogP contribution < -0.4 is 15.4 Å². The van der Waals surface area contributed by atoms with Crippen LogP contribution in [0.4, 0.5) is 8.78 Å². The van der Waals surface area contributed by atoms with E-state index >= 15 is 0 Å². The minimum atomic E-state index is -0.455. The van der Waals surface area contributed by atoms with Gasteiger partial charge in [-0.3, -0.25) is 4.99 Å². The van der Waals surface area contributed by atoms with Gasteiger partial charge in [-0.25, -0.2) is 8.78 Å². The zero-order valence-corrected chi connectivity index (χ0v) is 14.9. The highest BCUT2D eigenvalue weighted by molar-refractivity contribution is 5.79. The van der Waals surface area contributed by atoms with Crippen molar-refractivity contribution < 1.29 is 18.6 Å². The van der Waals surface area contributed by atoms with E-state index in [1.54, 1.807) is 32.4 Å². The average molecular weight is 363 g/mol. The molecule has 0 aliphatic heterocycles. The molecule has 0 radical (unpaired) electrons. The number of phenols is 1. The molecule has 0 aromatic heterocycles. The van der Waals surface area contributed by atoms with Gasteiger partial charge in [0.25, 0.3) is 0 Å². The molecule has 2 rings (SSSR count). The van der Waals surface area contributed by atoms with Crippen LogP contribution in [0.1, 0.15) is 11.1 Å². The molecule has 0 heterocycles. The number of methoxy groups -OCH3 is 1. The van der Waals surface area contributed by atoms with Crippen molar-refractivity contribution in [1.82, 2.24) is 10.6 Å². The molecular weight excluding hydrogens is 340 g/mol. The molecule has 0 aliphatic rings. The summed E-state index contributed by atoms with van der Waals surface area (Å²) in [4.78, 5) is 4.08. The molecule has 0 bridgehead atoms. The van der Waals surface area contributed by atoms with Crippen molar-refractivity contribution in [2.45, 2.75) is 12.8 Å². The minimum absolute atomic E-state index is 0.177. The third kappa shape index (κ3) is 5.61. The molecule has 0 unspecified atom stereocenters. The lowest BCUT2D eigenvalue weighted by Crippen LogP contribution is -2.39. The van der Waals surface area contributed by atoms with E-state index in [1.165, 1.54) is 6.07 Å². The van der Waals surface area contributed by atoms with Crippen LogP contribution in [0.3, 0.4) is 0 Å². The van der Waals surface area contributed by atoms with E-state index in [0.717, 1.165) is 17.7 Å². The van der Waals surface area contributed by atoms with E-state index in [0.29, 0.717) is 43.2 Å². The smallest absolute Gasteiger partial charge is 0.190 e. The molecule has 2 aromatic carbocycles. The second kappa shape index (κ2) is 9.60. The van der Waals surface area contributed by atoms with Crippen molar-refractivity contribution in [3.8, 4) is 11.5 Å². The average Bonchev–Trinajstić information content (AvgIpc) is 2.64. The van der Waals surface area contributed by atoms with Gasteiger partial charge in [-0.2, -0.15) is 0 Å². The summed E-state index contributed by atoms with van der Waals surface area (Å²) in [5.41, 5.74) is 1.10. The first kappa shape index (κ1) is 19.5. The molecule has 0 spiro atoms. The number of aliphatic imine (C=N–C) groups is 1. The molecule has 0 amide bonds. The molecule has 0 atom stereocenters. The lowest BCUT2D eigenvalue weighted by molar-refractivity contribution is 0.406. The molecule has 0 saturated heterocycles. The van der Waals surface area contributed by atoms with Crippen LogP contribution in [-0.4, -0.2) is 38.3 Å². The van der Waals surface area contributed by atoms with Gasteiger partial charge in [0, 0.05) is 26.2 Å². The SMILES string of the molecule is CN=C(NCCc1ccc(OC)cc1O)NCCc1cc(F)ccc1F. The second-order valence-corrected chi connectivity index (χ2v) is 5.66. The molecule has 7 heteroatoms. The largest absolute Gasteiger partial charge is 0.508 e. The summed E-state index contributed by atoms with van der Waals surface area (Å²) in [6, 6.07) is 8.57. The van der Waals surface area contributed by atoms with Crippen molar-refractivity contribution in [2.75, 3.05) is 27.2 Å². The normalized spacial score (nSPS) is 11.3. The van der Waals surface area contributed by atoms with Crippen LogP contribution in [0.5, 0.6) is 11.5 Å². The quantitative estimate of drug-likeness (QED) is 0.523.